The van der Waals surface area contributed by atoms with E-state index in [4.69, 9.17) is 0 Å². The molecule has 0 amide bonds. The van der Waals surface area contributed by atoms with Gasteiger partial charge in [0.1, 0.15) is 5.82 Å². The van der Waals surface area contributed by atoms with Gasteiger partial charge in [-0.1, -0.05) is 19.4 Å². The van der Waals surface area contributed by atoms with Crippen LogP contribution in [-0.4, -0.2) is 28.5 Å². The SMILES string of the molecule is CCCc1cc(C2CNc3ncccc32)nc(NC)n1. The van der Waals surface area contributed by atoms with Crippen molar-refractivity contribution in [2.45, 2.75) is 25.7 Å². The van der Waals surface area contributed by atoms with E-state index in [1.807, 2.05) is 19.3 Å². The van der Waals surface area contributed by atoms with Crippen molar-refractivity contribution in [2.75, 3.05) is 24.2 Å². The second-order valence-electron chi connectivity index (χ2n) is 4.98. The van der Waals surface area contributed by atoms with E-state index in [1.54, 1.807) is 0 Å². The number of anilines is 2. The van der Waals surface area contributed by atoms with E-state index in [1.165, 1.54) is 5.56 Å². The average Bonchev–Trinajstić information content (AvgIpc) is 2.91. The number of rotatable bonds is 4. The molecule has 1 aliphatic heterocycles. The van der Waals surface area contributed by atoms with Gasteiger partial charge < -0.3 is 10.6 Å². The molecular formula is C15H19N5. The van der Waals surface area contributed by atoms with Crippen LogP contribution in [0.2, 0.25) is 0 Å². The van der Waals surface area contributed by atoms with Crippen LogP contribution in [-0.2, 0) is 6.42 Å². The van der Waals surface area contributed by atoms with Crippen molar-refractivity contribution in [1.29, 1.82) is 0 Å². The van der Waals surface area contributed by atoms with Crippen LogP contribution in [0.5, 0.6) is 0 Å². The highest BCUT2D eigenvalue weighted by Gasteiger charge is 2.26. The number of hydrogen-bond donors (Lipinski definition) is 2. The highest BCUT2D eigenvalue weighted by Crippen LogP contribution is 2.34. The molecule has 2 N–H and O–H groups in total. The molecule has 3 rings (SSSR count). The van der Waals surface area contributed by atoms with E-state index >= 15 is 0 Å². The van der Waals surface area contributed by atoms with Crippen LogP contribution in [0.3, 0.4) is 0 Å². The van der Waals surface area contributed by atoms with Crippen molar-refractivity contribution in [3.63, 3.8) is 0 Å². The predicted octanol–water partition coefficient (Wildman–Crippen LogP) is 2.42. The van der Waals surface area contributed by atoms with Crippen LogP contribution < -0.4 is 10.6 Å². The zero-order valence-corrected chi connectivity index (χ0v) is 11.8. The van der Waals surface area contributed by atoms with E-state index in [-0.39, 0.29) is 5.92 Å². The topological polar surface area (TPSA) is 62.7 Å². The van der Waals surface area contributed by atoms with Crippen LogP contribution in [0.4, 0.5) is 11.8 Å². The van der Waals surface area contributed by atoms with Crippen molar-refractivity contribution in [1.82, 2.24) is 15.0 Å². The molecule has 0 saturated heterocycles. The molecule has 0 aromatic carbocycles. The lowest BCUT2D eigenvalue weighted by Crippen LogP contribution is -2.10. The normalized spacial score (nSPS) is 16.6. The Hall–Kier alpha value is -2.17. The van der Waals surface area contributed by atoms with Gasteiger partial charge in [0.15, 0.2) is 0 Å². The maximum absolute atomic E-state index is 4.63. The summed E-state index contributed by atoms with van der Waals surface area (Å²) in [5, 5.41) is 6.40. The summed E-state index contributed by atoms with van der Waals surface area (Å²) >= 11 is 0. The minimum atomic E-state index is 0.254. The largest absolute Gasteiger partial charge is 0.369 e. The van der Waals surface area contributed by atoms with Crippen LogP contribution in [0.25, 0.3) is 0 Å². The van der Waals surface area contributed by atoms with Crippen molar-refractivity contribution in [2.24, 2.45) is 0 Å². The second kappa shape index (κ2) is 5.45. The van der Waals surface area contributed by atoms with Gasteiger partial charge in [0.2, 0.25) is 5.95 Å². The molecular weight excluding hydrogens is 250 g/mol. The molecule has 0 spiro atoms. The van der Waals surface area contributed by atoms with Gasteiger partial charge in [0.25, 0.3) is 0 Å². The number of fused-ring (bicyclic) bond motifs is 1. The summed E-state index contributed by atoms with van der Waals surface area (Å²) in [5.41, 5.74) is 3.38. The number of nitrogens with one attached hydrogen (secondary N) is 2. The van der Waals surface area contributed by atoms with E-state index in [0.717, 1.165) is 36.6 Å². The molecule has 2 aromatic heterocycles. The second-order valence-corrected chi connectivity index (χ2v) is 4.98. The summed E-state index contributed by atoms with van der Waals surface area (Å²) in [6.07, 6.45) is 3.88. The third-order valence-corrected chi connectivity index (χ3v) is 3.57. The molecule has 3 heterocycles. The molecule has 2 aromatic rings. The van der Waals surface area contributed by atoms with Gasteiger partial charge in [-0.05, 0) is 18.6 Å². The van der Waals surface area contributed by atoms with E-state index in [9.17, 15) is 0 Å². The zero-order valence-electron chi connectivity index (χ0n) is 11.8. The van der Waals surface area contributed by atoms with Gasteiger partial charge in [-0.2, -0.15) is 0 Å². The van der Waals surface area contributed by atoms with Gasteiger partial charge in [-0.15, -0.1) is 0 Å². The average molecular weight is 269 g/mol. The Morgan fingerprint density at radius 1 is 1.40 bits per heavy atom. The number of hydrogen-bond acceptors (Lipinski definition) is 5. The fraction of sp³-hybridized carbons (Fsp3) is 0.400. The predicted molar refractivity (Wildman–Crippen MR) is 80.1 cm³/mol. The van der Waals surface area contributed by atoms with Gasteiger partial charge in [0.05, 0.1) is 5.69 Å². The summed E-state index contributed by atoms with van der Waals surface area (Å²) in [7, 11) is 1.86. The van der Waals surface area contributed by atoms with Crippen molar-refractivity contribution in [3.8, 4) is 0 Å². The molecule has 20 heavy (non-hydrogen) atoms. The van der Waals surface area contributed by atoms with Gasteiger partial charge in [-0.3, -0.25) is 0 Å². The lowest BCUT2D eigenvalue weighted by Gasteiger charge is -2.12. The monoisotopic (exact) mass is 269 g/mol. The zero-order chi connectivity index (χ0) is 13.9. The van der Waals surface area contributed by atoms with Crippen LogP contribution in [0, 0.1) is 0 Å². The van der Waals surface area contributed by atoms with Crippen molar-refractivity contribution in [3.05, 3.63) is 41.3 Å². The summed E-state index contributed by atoms with van der Waals surface area (Å²) in [4.78, 5) is 13.5. The van der Waals surface area contributed by atoms with Crippen LogP contribution >= 0.6 is 0 Å². The van der Waals surface area contributed by atoms with Crippen molar-refractivity contribution < 1.29 is 0 Å². The first-order valence-electron chi connectivity index (χ1n) is 7.06. The van der Waals surface area contributed by atoms with Crippen LogP contribution in [0.15, 0.2) is 24.4 Å². The molecule has 0 bridgehead atoms. The number of nitrogens with zero attached hydrogens (tertiary/aromatic N) is 3. The first-order valence-corrected chi connectivity index (χ1v) is 7.06. The molecule has 1 aliphatic rings. The minimum Gasteiger partial charge on any atom is -0.369 e. The van der Waals surface area contributed by atoms with E-state index < -0.39 is 0 Å². The molecule has 5 nitrogen and oxygen atoms in total. The number of aromatic nitrogens is 3. The highest BCUT2D eigenvalue weighted by molar-refractivity contribution is 5.55. The summed E-state index contributed by atoms with van der Waals surface area (Å²) in [6.45, 7) is 3.01. The smallest absolute Gasteiger partial charge is 0.222 e. The first kappa shape index (κ1) is 12.8. The Morgan fingerprint density at radius 3 is 3.10 bits per heavy atom. The molecule has 0 radical (unpaired) electrons. The van der Waals surface area contributed by atoms with E-state index in [0.29, 0.717) is 5.95 Å². The Labute approximate surface area is 118 Å². The molecule has 0 fully saturated rings. The number of aryl methyl sites for hydroxylation is 1. The fourth-order valence-electron chi connectivity index (χ4n) is 2.61. The maximum Gasteiger partial charge on any atom is 0.222 e. The van der Waals surface area contributed by atoms with Gasteiger partial charge in [-0.25, -0.2) is 15.0 Å². The quantitative estimate of drug-likeness (QED) is 0.892. The van der Waals surface area contributed by atoms with E-state index in [2.05, 4.69) is 44.6 Å². The third kappa shape index (κ3) is 2.31. The molecule has 5 heteroatoms. The lowest BCUT2D eigenvalue weighted by atomic mass is 9.98. The lowest BCUT2D eigenvalue weighted by molar-refractivity contribution is 0.817. The van der Waals surface area contributed by atoms with Gasteiger partial charge >= 0.3 is 0 Å². The van der Waals surface area contributed by atoms with Gasteiger partial charge in [0, 0.05) is 37.0 Å². The Kier molecular flexibility index (Phi) is 3.50. The molecule has 0 saturated carbocycles. The fourth-order valence-corrected chi connectivity index (χ4v) is 2.61. The Bertz CT molecular complexity index is 611. The minimum absolute atomic E-state index is 0.254. The molecule has 1 unspecified atom stereocenters. The Morgan fingerprint density at radius 2 is 2.30 bits per heavy atom. The molecule has 0 aliphatic carbocycles. The summed E-state index contributed by atoms with van der Waals surface area (Å²) in [6, 6.07) is 6.22. The summed E-state index contributed by atoms with van der Waals surface area (Å²) in [5.74, 6) is 1.92. The van der Waals surface area contributed by atoms with Crippen molar-refractivity contribution >= 4 is 11.8 Å². The summed E-state index contributed by atoms with van der Waals surface area (Å²) < 4.78 is 0. The standard InChI is InChI=1S/C15H19N5/c1-3-5-10-8-13(20-15(16-2)19-10)12-9-18-14-11(12)6-4-7-17-14/h4,6-8,12H,3,5,9H2,1-2H3,(H,17,18)(H,16,19,20). The highest BCUT2D eigenvalue weighted by atomic mass is 15.1. The maximum atomic E-state index is 4.63. The molecule has 1 atom stereocenters. The molecule has 104 valence electrons. The third-order valence-electron chi connectivity index (χ3n) is 3.57. The van der Waals surface area contributed by atoms with Crippen LogP contribution in [0.1, 0.15) is 36.2 Å². The number of pyridine rings is 1. The Balaban J connectivity index is 2.00. The first-order chi connectivity index (χ1) is 9.81.